The molecule has 1 fully saturated rings. The molecule has 0 unspecified atom stereocenters. The maximum atomic E-state index is 11.2. The summed E-state index contributed by atoms with van der Waals surface area (Å²) in [5.41, 5.74) is 8.57. The number of nitrogens with zero attached hydrogens (tertiary/aromatic N) is 1. The molecule has 0 atom stereocenters. The molecule has 0 amide bonds. The van der Waals surface area contributed by atoms with Crippen LogP contribution >= 0.6 is 0 Å². The van der Waals surface area contributed by atoms with Crippen molar-refractivity contribution in [2.75, 3.05) is 31.2 Å². The molecule has 0 aliphatic heterocycles. The number of nitrogens with one attached hydrogen (secondary N) is 2. The van der Waals surface area contributed by atoms with E-state index in [0.717, 1.165) is 24.8 Å². The summed E-state index contributed by atoms with van der Waals surface area (Å²) in [6.45, 7) is 1.80. The van der Waals surface area contributed by atoms with Crippen LogP contribution in [0.4, 0.5) is 11.4 Å². The lowest BCUT2D eigenvalue weighted by Gasteiger charge is -2.24. The van der Waals surface area contributed by atoms with Crippen LogP contribution < -0.4 is 16.8 Å². The number of nitrogens with two attached hydrogens (primary N) is 1. The van der Waals surface area contributed by atoms with Crippen molar-refractivity contribution in [2.45, 2.75) is 31.7 Å². The number of likely N-dealkylation sites (N-methyl/N-ethyl adjacent to an activating group) is 1. The fourth-order valence-electron chi connectivity index (χ4n) is 3.06. The van der Waals surface area contributed by atoms with Gasteiger partial charge in [-0.2, -0.15) is 0 Å². The monoisotopic (exact) mass is 290 g/mol. The predicted octanol–water partition coefficient (Wildman–Crippen LogP) is 1.99. The highest BCUT2D eigenvalue weighted by Crippen LogP contribution is 2.25. The lowest BCUT2D eigenvalue weighted by atomic mass is 10.2. The molecule has 1 aliphatic carbocycles. The topological polar surface area (TPSA) is 87.3 Å². The van der Waals surface area contributed by atoms with Gasteiger partial charge in [-0.05, 0) is 26.0 Å². The summed E-state index contributed by atoms with van der Waals surface area (Å²) >= 11 is 0. The fraction of sp³-hybridized carbons (Fsp3) is 0.533. The Hall–Kier alpha value is -1.95. The predicted molar refractivity (Wildman–Crippen MR) is 84.6 cm³/mol. The zero-order chi connectivity index (χ0) is 14.8. The van der Waals surface area contributed by atoms with Crippen LogP contribution in [0.2, 0.25) is 0 Å². The zero-order valence-electron chi connectivity index (χ0n) is 12.3. The molecular formula is C15H22N4O2. The Morgan fingerprint density at radius 3 is 2.95 bits per heavy atom. The van der Waals surface area contributed by atoms with Crippen molar-refractivity contribution in [3.05, 3.63) is 22.7 Å². The first-order valence-electron chi connectivity index (χ1n) is 7.50. The van der Waals surface area contributed by atoms with Crippen molar-refractivity contribution in [1.29, 1.82) is 0 Å². The minimum absolute atomic E-state index is 0.456. The first-order chi connectivity index (χ1) is 10.1. The van der Waals surface area contributed by atoms with E-state index in [1.165, 1.54) is 25.7 Å². The van der Waals surface area contributed by atoms with Gasteiger partial charge in [0.25, 0.3) is 0 Å². The molecular weight excluding hydrogens is 268 g/mol. The van der Waals surface area contributed by atoms with Gasteiger partial charge in [-0.15, -0.1) is 0 Å². The molecule has 6 heteroatoms. The third-order valence-electron chi connectivity index (χ3n) is 4.32. The smallest absolute Gasteiger partial charge is 0.408 e. The van der Waals surface area contributed by atoms with Crippen molar-refractivity contribution in [1.82, 2.24) is 9.88 Å². The minimum atomic E-state index is -0.456. The summed E-state index contributed by atoms with van der Waals surface area (Å²) in [6.07, 6.45) is 5.31. The fourth-order valence-corrected chi connectivity index (χ4v) is 3.06. The van der Waals surface area contributed by atoms with Crippen molar-refractivity contribution in [2.24, 2.45) is 0 Å². The Morgan fingerprint density at radius 1 is 1.43 bits per heavy atom. The molecule has 4 N–H and O–H groups in total. The third kappa shape index (κ3) is 3.05. The summed E-state index contributed by atoms with van der Waals surface area (Å²) in [6, 6.07) is 4.22. The number of hydrogen-bond acceptors (Lipinski definition) is 5. The van der Waals surface area contributed by atoms with Gasteiger partial charge in [0.15, 0.2) is 5.58 Å². The Morgan fingerprint density at radius 2 is 2.19 bits per heavy atom. The van der Waals surface area contributed by atoms with Crippen LogP contribution in [0.5, 0.6) is 0 Å². The highest BCUT2D eigenvalue weighted by Gasteiger charge is 2.18. The molecule has 3 rings (SSSR count). The number of anilines is 2. The molecule has 0 bridgehead atoms. The number of fused-ring (bicyclic) bond motifs is 1. The van der Waals surface area contributed by atoms with E-state index >= 15 is 0 Å². The molecule has 1 aromatic heterocycles. The maximum Gasteiger partial charge on any atom is 0.417 e. The second-order valence-corrected chi connectivity index (χ2v) is 5.80. The van der Waals surface area contributed by atoms with E-state index in [2.05, 4.69) is 22.2 Å². The second-order valence-electron chi connectivity index (χ2n) is 5.80. The average Bonchev–Trinajstić information content (AvgIpc) is 3.07. The number of aromatic nitrogens is 1. The quantitative estimate of drug-likeness (QED) is 0.733. The average molecular weight is 290 g/mol. The van der Waals surface area contributed by atoms with Gasteiger partial charge < -0.3 is 20.4 Å². The molecule has 6 nitrogen and oxygen atoms in total. The number of oxazole rings is 1. The summed E-state index contributed by atoms with van der Waals surface area (Å²) in [7, 11) is 2.18. The normalized spacial score (nSPS) is 16.1. The highest BCUT2D eigenvalue weighted by molar-refractivity contribution is 5.85. The summed E-state index contributed by atoms with van der Waals surface area (Å²) in [5, 5.41) is 3.34. The van der Waals surface area contributed by atoms with E-state index in [9.17, 15) is 4.79 Å². The third-order valence-corrected chi connectivity index (χ3v) is 4.32. The molecule has 0 saturated heterocycles. The molecule has 0 spiro atoms. The Labute approximate surface area is 123 Å². The van der Waals surface area contributed by atoms with Gasteiger partial charge in [0.05, 0.1) is 16.9 Å². The van der Waals surface area contributed by atoms with Crippen LogP contribution in [-0.4, -0.2) is 36.1 Å². The van der Waals surface area contributed by atoms with Crippen LogP contribution in [0.25, 0.3) is 11.1 Å². The molecule has 1 saturated carbocycles. The van der Waals surface area contributed by atoms with Gasteiger partial charge >= 0.3 is 5.76 Å². The lowest BCUT2D eigenvalue weighted by molar-refractivity contribution is 0.254. The van der Waals surface area contributed by atoms with E-state index in [1.807, 2.05) is 6.07 Å². The van der Waals surface area contributed by atoms with Crippen LogP contribution in [-0.2, 0) is 0 Å². The lowest BCUT2D eigenvalue weighted by Crippen LogP contribution is -2.33. The highest BCUT2D eigenvalue weighted by atomic mass is 16.4. The molecule has 1 aromatic carbocycles. The second kappa shape index (κ2) is 5.81. The summed E-state index contributed by atoms with van der Waals surface area (Å²) in [4.78, 5) is 16.2. The van der Waals surface area contributed by atoms with Crippen molar-refractivity contribution < 1.29 is 4.42 Å². The van der Waals surface area contributed by atoms with Gasteiger partial charge in [0.2, 0.25) is 0 Å². The first-order valence-corrected chi connectivity index (χ1v) is 7.50. The Bertz CT molecular complexity index is 670. The molecule has 1 aliphatic rings. The number of hydrogen-bond donors (Lipinski definition) is 3. The van der Waals surface area contributed by atoms with Crippen molar-refractivity contribution in [3.8, 4) is 0 Å². The number of rotatable bonds is 5. The number of benzene rings is 1. The van der Waals surface area contributed by atoms with Crippen LogP contribution in [0.1, 0.15) is 25.7 Å². The van der Waals surface area contributed by atoms with Crippen LogP contribution in [0.15, 0.2) is 21.3 Å². The molecule has 0 radical (unpaired) electrons. The van der Waals surface area contributed by atoms with E-state index in [4.69, 9.17) is 10.2 Å². The molecule has 114 valence electrons. The van der Waals surface area contributed by atoms with Crippen molar-refractivity contribution >= 4 is 22.5 Å². The van der Waals surface area contributed by atoms with Gasteiger partial charge in [-0.3, -0.25) is 4.98 Å². The van der Waals surface area contributed by atoms with Crippen LogP contribution in [0.3, 0.4) is 0 Å². The molecule has 2 aromatic rings. The van der Waals surface area contributed by atoms with Gasteiger partial charge in [-0.1, -0.05) is 12.8 Å². The SMILES string of the molecule is CN(CCNc1cc2[nH]c(=O)oc2cc1N)C1CCCC1. The van der Waals surface area contributed by atoms with E-state index in [1.54, 1.807) is 6.07 Å². The van der Waals surface area contributed by atoms with E-state index in [0.29, 0.717) is 16.8 Å². The van der Waals surface area contributed by atoms with Crippen molar-refractivity contribution in [3.63, 3.8) is 0 Å². The number of H-pyrrole nitrogens is 1. The van der Waals surface area contributed by atoms with E-state index < -0.39 is 5.76 Å². The summed E-state index contributed by atoms with van der Waals surface area (Å²) < 4.78 is 4.99. The number of aromatic amines is 1. The molecule has 1 heterocycles. The van der Waals surface area contributed by atoms with Gasteiger partial charge in [0.1, 0.15) is 0 Å². The van der Waals surface area contributed by atoms with E-state index in [-0.39, 0.29) is 0 Å². The van der Waals surface area contributed by atoms with Gasteiger partial charge in [0, 0.05) is 25.2 Å². The van der Waals surface area contributed by atoms with Gasteiger partial charge in [-0.25, -0.2) is 4.79 Å². The standard InChI is InChI=1S/C15H22N4O2/c1-19(10-4-2-3-5-10)7-6-17-12-9-13-14(8-11(12)16)21-15(20)18-13/h8-10,17H,2-7,16H2,1H3,(H,18,20). The first kappa shape index (κ1) is 14.0. The Kier molecular flexibility index (Phi) is 3.88. The van der Waals surface area contributed by atoms with Crippen LogP contribution in [0, 0.1) is 0 Å². The maximum absolute atomic E-state index is 11.2. The Balaban J connectivity index is 1.61. The largest absolute Gasteiger partial charge is 0.417 e. The summed E-state index contributed by atoms with van der Waals surface area (Å²) in [5.74, 6) is -0.456. The number of nitrogen functional groups attached to an aromatic ring is 1. The molecule has 21 heavy (non-hydrogen) atoms. The zero-order valence-corrected chi connectivity index (χ0v) is 12.3. The minimum Gasteiger partial charge on any atom is -0.408 e.